The standard InChI is InChI=1S/C32H38ClN3O4S/c1-3-25-12-8-11-17-30(25)36(41(39,40)28-15-6-5-7-16-28)23-31(37)35(22-24-18-20-26(33)21-19-24)29(4-2)32(38)34-27-13-9-10-14-27/h5-8,11-12,15-21,27,29H,3-4,9-10,13-14,22-23H2,1-2H3,(H,34,38)/t29-/m1/s1. The highest BCUT2D eigenvalue weighted by Gasteiger charge is 2.35. The van der Waals surface area contributed by atoms with Crippen LogP contribution in [0.1, 0.15) is 57.1 Å². The van der Waals surface area contributed by atoms with Crippen molar-refractivity contribution >= 4 is 39.1 Å². The molecule has 0 bridgehead atoms. The highest BCUT2D eigenvalue weighted by Crippen LogP contribution is 2.28. The number of halogens is 1. The second kappa shape index (κ2) is 14.0. The number of anilines is 1. The predicted octanol–water partition coefficient (Wildman–Crippen LogP) is 5.96. The first kappa shape index (κ1) is 30.6. The van der Waals surface area contributed by atoms with Crippen LogP contribution in [0.2, 0.25) is 5.02 Å². The molecular formula is C32H38ClN3O4S. The van der Waals surface area contributed by atoms with Crippen molar-refractivity contribution in [1.82, 2.24) is 10.2 Å². The summed E-state index contributed by atoms with van der Waals surface area (Å²) in [5.41, 5.74) is 2.04. The second-order valence-electron chi connectivity index (χ2n) is 10.4. The lowest BCUT2D eigenvalue weighted by Crippen LogP contribution is -2.53. The minimum absolute atomic E-state index is 0.0916. The van der Waals surface area contributed by atoms with Gasteiger partial charge in [0, 0.05) is 17.6 Å². The summed E-state index contributed by atoms with van der Waals surface area (Å²) < 4.78 is 29.2. The first-order chi connectivity index (χ1) is 19.7. The number of benzene rings is 3. The molecule has 0 unspecified atom stereocenters. The lowest BCUT2D eigenvalue weighted by Gasteiger charge is -2.34. The van der Waals surface area contributed by atoms with Gasteiger partial charge in [-0.2, -0.15) is 0 Å². The first-order valence-electron chi connectivity index (χ1n) is 14.2. The third-order valence-electron chi connectivity index (χ3n) is 7.60. The van der Waals surface area contributed by atoms with Crippen molar-refractivity contribution in [2.75, 3.05) is 10.8 Å². The Kier molecular flexibility index (Phi) is 10.5. The van der Waals surface area contributed by atoms with Crippen LogP contribution < -0.4 is 9.62 Å². The molecule has 0 aliphatic heterocycles. The SMILES string of the molecule is CCc1ccccc1N(CC(=O)N(Cc1ccc(Cl)cc1)[C@H](CC)C(=O)NC1CCCC1)S(=O)(=O)c1ccccc1. The average molecular weight is 596 g/mol. The number of aryl methyl sites for hydroxylation is 1. The van der Waals surface area contributed by atoms with Gasteiger partial charge in [-0.1, -0.05) is 86.8 Å². The Bertz CT molecular complexity index is 1420. The van der Waals surface area contributed by atoms with Gasteiger partial charge in [0.2, 0.25) is 11.8 Å². The summed E-state index contributed by atoms with van der Waals surface area (Å²) in [6, 6.07) is 21.8. The normalized spacial score (nSPS) is 14.4. The monoisotopic (exact) mass is 595 g/mol. The van der Waals surface area contributed by atoms with Crippen LogP contribution in [0, 0.1) is 0 Å². The van der Waals surface area contributed by atoms with Gasteiger partial charge in [-0.3, -0.25) is 13.9 Å². The number of amides is 2. The molecule has 1 atom stereocenters. The first-order valence-corrected chi connectivity index (χ1v) is 16.1. The molecule has 3 aromatic rings. The number of rotatable bonds is 12. The van der Waals surface area contributed by atoms with Gasteiger partial charge in [0.1, 0.15) is 12.6 Å². The van der Waals surface area contributed by atoms with Crippen LogP contribution in [0.15, 0.2) is 83.8 Å². The van der Waals surface area contributed by atoms with Gasteiger partial charge in [0.05, 0.1) is 10.6 Å². The molecule has 9 heteroatoms. The minimum Gasteiger partial charge on any atom is -0.352 e. The molecule has 41 heavy (non-hydrogen) atoms. The Balaban J connectivity index is 1.73. The third kappa shape index (κ3) is 7.49. The molecule has 1 N–H and O–H groups in total. The van der Waals surface area contributed by atoms with Gasteiger partial charge in [-0.25, -0.2) is 8.42 Å². The maximum atomic E-state index is 14.2. The lowest BCUT2D eigenvalue weighted by molar-refractivity contribution is -0.140. The molecule has 1 saturated carbocycles. The van der Waals surface area contributed by atoms with E-state index in [2.05, 4.69) is 5.32 Å². The maximum absolute atomic E-state index is 14.2. The highest BCUT2D eigenvalue weighted by atomic mass is 35.5. The molecule has 1 aliphatic carbocycles. The number of hydrogen-bond donors (Lipinski definition) is 1. The number of sulfonamides is 1. The summed E-state index contributed by atoms with van der Waals surface area (Å²) in [5.74, 6) is -0.674. The van der Waals surface area contributed by atoms with Crippen molar-refractivity contribution in [3.63, 3.8) is 0 Å². The fourth-order valence-corrected chi connectivity index (χ4v) is 6.96. The number of carbonyl (C=O) groups is 2. The predicted molar refractivity (Wildman–Crippen MR) is 163 cm³/mol. The summed E-state index contributed by atoms with van der Waals surface area (Å²) >= 11 is 6.10. The molecule has 0 spiro atoms. The Hall–Kier alpha value is -3.36. The third-order valence-corrected chi connectivity index (χ3v) is 9.63. The van der Waals surface area contributed by atoms with Crippen molar-refractivity contribution < 1.29 is 18.0 Å². The molecule has 0 saturated heterocycles. The molecule has 1 fully saturated rings. The van der Waals surface area contributed by atoms with Crippen LogP contribution in [0.25, 0.3) is 0 Å². The van der Waals surface area contributed by atoms with Crippen LogP contribution >= 0.6 is 11.6 Å². The van der Waals surface area contributed by atoms with E-state index in [0.29, 0.717) is 23.6 Å². The van der Waals surface area contributed by atoms with Crippen LogP contribution in [-0.2, 0) is 32.6 Å². The fourth-order valence-electron chi connectivity index (χ4n) is 5.36. The summed E-state index contributed by atoms with van der Waals surface area (Å²) in [5, 5.41) is 3.70. The van der Waals surface area contributed by atoms with E-state index < -0.39 is 28.5 Å². The number of para-hydroxylation sites is 1. The van der Waals surface area contributed by atoms with E-state index in [1.165, 1.54) is 21.3 Å². The zero-order valence-corrected chi connectivity index (χ0v) is 25.2. The van der Waals surface area contributed by atoms with E-state index in [0.717, 1.165) is 36.8 Å². The molecule has 7 nitrogen and oxygen atoms in total. The molecule has 0 radical (unpaired) electrons. The van der Waals surface area contributed by atoms with Crippen molar-refractivity contribution in [2.24, 2.45) is 0 Å². The Labute approximate surface area is 248 Å². The summed E-state index contributed by atoms with van der Waals surface area (Å²) in [4.78, 5) is 29.4. The quantitative estimate of drug-likeness (QED) is 0.280. The zero-order chi connectivity index (χ0) is 29.4. The van der Waals surface area contributed by atoms with Crippen LogP contribution in [0.3, 0.4) is 0 Å². The summed E-state index contributed by atoms with van der Waals surface area (Å²) in [6.45, 7) is 3.50. The fraction of sp³-hybridized carbons (Fsp3) is 0.375. The smallest absolute Gasteiger partial charge is 0.264 e. The van der Waals surface area contributed by atoms with E-state index in [4.69, 9.17) is 11.6 Å². The van der Waals surface area contributed by atoms with Gasteiger partial charge in [-0.15, -0.1) is 0 Å². The van der Waals surface area contributed by atoms with Crippen molar-refractivity contribution in [3.05, 3.63) is 95.0 Å². The van der Waals surface area contributed by atoms with Crippen molar-refractivity contribution in [3.8, 4) is 0 Å². The van der Waals surface area contributed by atoms with Crippen molar-refractivity contribution in [1.29, 1.82) is 0 Å². The van der Waals surface area contributed by atoms with E-state index in [1.807, 2.05) is 38.1 Å². The second-order valence-corrected chi connectivity index (χ2v) is 12.7. The molecule has 0 aromatic heterocycles. The maximum Gasteiger partial charge on any atom is 0.264 e. The van der Waals surface area contributed by atoms with Crippen LogP contribution in [0.4, 0.5) is 5.69 Å². The zero-order valence-electron chi connectivity index (χ0n) is 23.6. The highest BCUT2D eigenvalue weighted by molar-refractivity contribution is 7.92. The van der Waals surface area contributed by atoms with E-state index in [9.17, 15) is 18.0 Å². The molecule has 1 aliphatic rings. The number of hydrogen-bond acceptors (Lipinski definition) is 4. The van der Waals surface area contributed by atoms with E-state index in [1.54, 1.807) is 42.5 Å². The van der Waals surface area contributed by atoms with Gasteiger partial charge < -0.3 is 10.2 Å². The molecule has 2 amide bonds. The van der Waals surface area contributed by atoms with Crippen LogP contribution in [-0.4, -0.2) is 43.8 Å². The Morgan fingerprint density at radius 2 is 1.56 bits per heavy atom. The Morgan fingerprint density at radius 1 is 0.927 bits per heavy atom. The van der Waals surface area contributed by atoms with Crippen LogP contribution in [0.5, 0.6) is 0 Å². The minimum atomic E-state index is -4.10. The average Bonchev–Trinajstić information content (AvgIpc) is 3.50. The number of nitrogens with zero attached hydrogens (tertiary/aromatic N) is 2. The van der Waals surface area contributed by atoms with Gasteiger partial charge in [0.25, 0.3) is 10.0 Å². The van der Waals surface area contributed by atoms with Crippen molar-refractivity contribution in [2.45, 2.75) is 75.9 Å². The van der Waals surface area contributed by atoms with Gasteiger partial charge >= 0.3 is 0 Å². The summed E-state index contributed by atoms with van der Waals surface area (Å²) in [6.07, 6.45) is 4.95. The Morgan fingerprint density at radius 3 is 2.20 bits per heavy atom. The summed E-state index contributed by atoms with van der Waals surface area (Å²) in [7, 11) is -4.10. The lowest BCUT2D eigenvalue weighted by atomic mass is 10.1. The van der Waals surface area contributed by atoms with Gasteiger partial charge in [-0.05, 0) is 67.1 Å². The molecule has 4 rings (SSSR count). The van der Waals surface area contributed by atoms with Gasteiger partial charge in [0.15, 0.2) is 0 Å². The number of carbonyl (C=O) groups excluding carboxylic acids is 2. The van der Waals surface area contributed by atoms with E-state index >= 15 is 0 Å². The number of nitrogens with one attached hydrogen (secondary N) is 1. The molecular weight excluding hydrogens is 558 g/mol. The largest absolute Gasteiger partial charge is 0.352 e. The molecule has 3 aromatic carbocycles. The molecule has 0 heterocycles. The van der Waals surface area contributed by atoms with E-state index in [-0.39, 0.29) is 23.4 Å². The molecule has 218 valence electrons. The topological polar surface area (TPSA) is 86.8 Å².